The Morgan fingerprint density at radius 1 is 0.969 bits per heavy atom. The van der Waals surface area contributed by atoms with E-state index in [1.807, 2.05) is 0 Å². The van der Waals surface area contributed by atoms with Crippen molar-refractivity contribution in [1.29, 1.82) is 0 Å². The molecule has 160 valence electrons. The number of halogens is 2. The lowest BCUT2D eigenvalue weighted by Gasteiger charge is -2.25. The van der Waals surface area contributed by atoms with Gasteiger partial charge in [0.05, 0.1) is 22.2 Å². The summed E-state index contributed by atoms with van der Waals surface area (Å²) in [6, 6.07) is 14.1. The molecule has 9 heteroatoms. The van der Waals surface area contributed by atoms with Crippen molar-refractivity contribution in [2.24, 2.45) is 0 Å². The molecule has 0 radical (unpaired) electrons. The maximum absolute atomic E-state index is 14.6. The van der Waals surface area contributed by atoms with Crippen LogP contribution in [0.2, 0.25) is 0 Å². The predicted octanol–water partition coefficient (Wildman–Crippen LogP) is 4.50. The van der Waals surface area contributed by atoms with Crippen LogP contribution < -0.4 is 4.90 Å². The van der Waals surface area contributed by atoms with Gasteiger partial charge < -0.3 is 5.11 Å². The molecule has 7 nitrogen and oxygen atoms in total. The third-order valence-electron chi connectivity index (χ3n) is 5.06. The van der Waals surface area contributed by atoms with Crippen molar-refractivity contribution in [3.8, 4) is 0 Å². The first kappa shape index (κ1) is 20.9. The van der Waals surface area contributed by atoms with Crippen molar-refractivity contribution in [3.63, 3.8) is 0 Å². The van der Waals surface area contributed by atoms with Gasteiger partial charge in [0.15, 0.2) is 0 Å². The highest BCUT2D eigenvalue weighted by Crippen LogP contribution is 2.43. The predicted molar refractivity (Wildman–Crippen MR) is 111 cm³/mol. The molecule has 1 aliphatic rings. The van der Waals surface area contributed by atoms with Crippen molar-refractivity contribution >= 4 is 28.8 Å². The molecule has 1 heterocycles. The molecule has 4 rings (SSSR count). The first-order valence-corrected chi connectivity index (χ1v) is 9.35. The number of carbonyl (C=O) groups is 2. The van der Waals surface area contributed by atoms with E-state index in [1.165, 1.54) is 18.2 Å². The topological polar surface area (TPSA) is 101 Å². The van der Waals surface area contributed by atoms with E-state index in [-0.39, 0.29) is 11.3 Å². The smallest absolute Gasteiger partial charge is 0.300 e. The summed E-state index contributed by atoms with van der Waals surface area (Å²) in [5.74, 6) is -4.74. The minimum absolute atomic E-state index is 0.0714. The Morgan fingerprint density at radius 3 is 2.38 bits per heavy atom. The first-order valence-electron chi connectivity index (χ1n) is 9.35. The van der Waals surface area contributed by atoms with Crippen LogP contribution in [0.5, 0.6) is 0 Å². The van der Waals surface area contributed by atoms with Crippen LogP contribution in [0.25, 0.3) is 5.76 Å². The number of nitrogens with zero attached hydrogens (tertiary/aromatic N) is 2. The zero-order valence-electron chi connectivity index (χ0n) is 16.2. The van der Waals surface area contributed by atoms with Crippen LogP contribution >= 0.6 is 0 Å². The third-order valence-corrected chi connectivity index (χ3v) is 5.06. The van der Waals surface area contributed by atoms with Gasteiger partial charge in [-0.05, 0) is 17.7 Å². The summed E-state index contributed by atoms with van der Waals surface area (Å²) >= 11 is 0. The number of amides is 1. The van der Waals surface area contributed by atoms with E-state index in [0.717, 1.165) is 29.2 Å². The standard InChI is InChI=1S/C23H14F2N2O5/c24-15-9-10-17(25)18(12-15)26-20(13-5-2-1-3-6-13)19(22(29)23(26)30)21(28)14-7-4-8-16(11-14)27(31)32/h1-12,20,28H/b21-19-. The number of Topliss-reactive ketones (excluding diaryl/α,β-unsaturated/α-hetero) is 1. The fourth-order valence-corrected chi connectivity index (χ4v) is 3.62. The highest BCUT2D eigenvalue weighted by Gasteiger charge is 2.47. The van der Waals surface area contributed by atoms with Crippen LogP contribution in [-0.4, -0.2) is 21.7 Å². The number of hydrogen-bond acceptors (Lipinski definition) is 5. The Hall–Kier alpha value is -4.40. The Labute approximate surface area is 180 Å². The maximum atomic E-state index is 14.6. The molecule has 0 aromatic heterocycles. The molecular weight excluding hydrogens is 422 g/mol. The van der Waals surface area contributed by atoms with Gasteiger partial charge in [-0.1, -0.05) is 42.5 Å². The summed E-state index contributed by atoms with van der Waals surface area (Å²) in [6.45, 7) is 0. The lowest BCUT2D eigenvalue weighted by molar-refractivity contribution is -0.384. The van der Waals surface area contributed by atoms with Crippen molar-refractivity contribution in [1.82, 2.24) is 0 Å². The average Bonchev–Trinajstić information content (AvgIpc) is 3.06. The number of anilines is 1. The molecule has 3 aromatic rings. The summed E-state index contributed by atoms with van der Waals surface area (Å²) in [5.41, 5.74) is -0.930. The van der Waals surface area contributed by atoms with Crippen LogP contribution in [-0.2, 0) is 9.59 Å². The molecule has 1 fully saturated rings. The largest absolute Gasteiger partial charge is 0.507 e. The molecule has 32 heavy (non-hydrogen) atoms. The molecule has 0 aliphatic carbocycles. The Bertz CT molecular complexity index is 1290. The molecule has 1 aliphatic heterocycles. The zero-order valence-corrected chi connectivity index (χ0v) is 16.2. The van der Waals surface area contributed by atoms with Crippen LogP contribution in [0.15, 0.2) is 78.4 Å². The second kappa shape index (κ2) is 8.03. The summed E-state index contributed by atoms with van der Waals surface area (Å²) < 4.78 is 28.5. The van der Waals surface area contributed by atoms with Crippen molar-refractivity contribution in [2.75, 3.05) is 4.90 Å². The summed E-state index contributed by atoms with van der Waals surface area (Å²) in [7, 11) is 0. The molecule has 1 saturated heterocycles. The molecule has 3 aromatic carbocycles. The third kappa shape index (κ3) is 3.49. The summed E-state index contributed by atoms with van der Waals surface area (Å²) in [6.07, 6.45) is 0. The van der Waals surface area contributed by atoms with E-state index in [2.05, 4.69) is 0 Å². The van der Waals surface area contributed by atoms with Gasteiger partial charge in [0.2, 0.25) is 0 Å². The number of carbonyl (C=O) groups excluding carboxylic acids is 2. The van der Waals surface area contributed by atoms with Gasteiger partial charge in [-0.15, -0.1) is 0 Å². The number of non-ortho nitro benzene ring substituents is 1. The molecule has 0 saturated carbocycles. The van der Waals surface area contributed by atoms with Gasteiger partial charge in [0.1, 0.15) is 17.4 Å². The van der Waals surface area contributed by atoms with E-state index in [4.69, 9.17) is 0 Å². The zero-order chi connectivity index (χ0) is 23.0. The number of aliphatic hydroxyl groups is 1. The normalized spacial score (nSPS) is 17.6. The lowest BCUT2D eigenvalue weighted by Crippen LogP contribution is -2.30. The summed E-state index contributed by atoms with van der Waals surface area (Å²) in [5, 5.41) is 22.0. The van der Waals surface area contributed by atoms with Gasteiger partial charge in [-0.2, -0.15) is 0 Å². The van der Waals surface area contributed by atoms with Gasteiger partial charge in [0, 0.05) is 23.8 Å². The minimum Gasteiger partial charge on any atom is -0.507 e. The number of nitro benzene ring substituents is 1. The van der Waals surface area contributed by atoms with Crippen LogP contribution in [0.1, 0.15) is 17.2 Å². The summed E-state index contributed by atoms with van der Waals surface area (Å²) in [4.78, 5) is 37.1. The number of rotatable bonds is 4. The number of benzene rings is 3. The Morgan fingerprint density at radius 2 is 1.69 bits per heavy atom. The van der Waals surface area contributed by atoms with Gasteiger partial charge in [0.25, 0.3) is 17.4 Å². The second-order valence-electron chi connectivity index (χ2n) is 6.98. The fourth-order valence-electron chi connectivity index (χ4n) is 3.62. The average molecular weight is 436 g/mol. The van der Waals surface area contributed by atoms with E-state index >= 15 is 0 Å². The molecular formula is C23H14F2N2O5. The first-order chi connectivity index (χ1) is 15.3. The van der Waals surface area contributed by atoms with Crippen LogP contribution in [0.4, 0.5) is 20.2 Å². The van der Waals surface area contributed by atoms with E-state index in [0.29, 0.717) is 5.56 Å². The van der Waals surface area contributed by atoms with E-state index in [1.54, 1.807) is 30.3 Å². The number of ketones is 1. The van der Waals surface area contributed by atoms with E-state index in [9.17, 15) is 33.6 Å². The fraction of sp³-hybridized carbons (Fsp3) is 0.0435. The van der Waals surface area contributed by atoms with Crippen molar-refractivity contribution in [2.45, 2.75) is 6.04 Å². The second-order valence-corrected chi connectivity index (χ2v) is 6.98. The molecule has 1 atom stereocenters. The van der Waals surface area contributed by atoms with E-state index < -0.39 is 51.3 Å². The number of hydrogen-bond donors (Lipinski definition) is 1. The highest BCUT2D eigenvalue weighted by atomic mass is 19.1. The molecule has 1 N–H and O–H groups in total. The minimum atomic E-state index is -1.29. The Balaban J connectivity index is 1.97. The van der Waals surface area contributed by atoms with Gasteiger partial charge >= 0.3 is 0 Å². The number of nitro groups is 1. The molecule has 1 amide bonds. The molecule has 0 spiro atoms. The molecule has 1 unspecified atom stereocenters. The number of aliphatic hydroxyl groups excluding tert-OH is 1. The molecule has 0 bridgehead atoms. The highest BCUT2D eigenvalue weighted by molar-refractivity contribution is 6.51. The van der Waals surface area contributed by atoms with Crippen molar-refractivity contribution in [3.05, 3.63) is 111 Å². The SMILES string of the molecule is O=C1C(=O)N(c2cc(F)ccc2F)C(c2ccccc2)/C1=C(/O)c1cccc([N+](=O)[O-])c1. The van der Waals surface area contributed by atoms with Crippen molar-refractivity contribution < 1.29 is 28.4 Å². The van der Waals surface area contributed by atoms with Crippen LogP contribution in [0, 0.1) is 21.7 Å². The van der Waals surface area contributed by atoms with Crippen LogP contribution in [0.3, 0.4) is 0 Å². The van der Waals surface area contributed by atoms with Gasteiger partial charge in [-0.25, -0.2) is 8.78 Å². The van der Waals surface area contributed by atoms with Gasteiger partial charge in [-0.3, -0.25) is 24.6 Å². The lowest BCUT2D eigenvalue weighted by atomic mass is 9.95. The monoisotopic (exact) mass is 436 g/mol. The maximum Gasteiger partial charge on any atom is 0.300 e. The quantitative estimate of drug-likeness (QED) is 0.213. The Kier molecular flexibility index (Phi) is 5.23.